The lowest BCUT2D eigenvalue weighted by molar-refractivity contribution is 1.05. The lowest BCUT2D eigenvalue weighted by atomic mass is 10.1. The fourth-order valence-electron chi connectivity index (χ4n) is 2.32. The highest BCUT2D eigenvalue weighted by Crippen LogP contribution is 2.19. The molecule has 0 atom stereocenters. The van der Waals surface area contributed by atoms with Crippen LogP contribution < -0.4 is 10.7 Å². The fraction of sp³-hybridized carbons (Fsp3) is 0.222. The van der Waals surface area contributed by atoms with Crippen LogP contribution in [-0.4, -0.2) is 11.3 Å². The summed E-state index contributed by atoms with van der Waals surface area (Å²) in [5.74, 6) is 0. The van der Waals surface area contributed by atoms with Gasteiger partial charge in [0, 0.05) is 10.2 Å². The first kappa shape index (κ1) is 17.6. The minimum atomic E-state index is 0.480. The molecule has 0 aromatic heterocycles. The standard InChI is InChI=1S/C18H20BrN3S/c1-4-14-10-16(19)9-8-15(14)11-20-22-18(23)21-17-12(2)6-5-7-13(17)3/h5-11H,4H2,1-3H3,(H2,21,22,23). The van der Waals surface area contributed by atoms with Gasteiger partial charge >= 0.3 is 0 Å². The van der Waals surface area contributed by atoms with Gasteiger partial charge in [-0.25, -0.2) is 0 Å². The number of hydrogen-bond acceptors (Lipinski definition) is 2. The molecule has 2 aromatic carbocycles. The van der Waals surface area contributed by atoms with E-state index in [1.54, 1.807) is 6.21 Å². The molecular weight excluding hydrogens is 370 g/mol. The second kappa shape index (κ2) is 8.22. The van der Waals surface area contributed by atoms with Crippen molar-refractivity contribution in [3.8, 4) is 0 Å². The maximum atomic E-state index is 5.31. The Hall–Kier alpha value is -1.72. The minimum Gasteiger partial charge on any atom is -0.331 e. The summed E-state index contributed by atoms with van der Waals surface area (Å²) in [6.07, 6.45) is 2.75. The monoisotopic (exact) mass is 389 g/mol. The summed E-state index contributed by atoms with van der Waals surface area (Å²) in [7, 11) is 0. The first-order valence-electron chi connectivity index (χ1n) is 7.46. The highest BCUT2D eigenvalue weighted by Gasteiger charge is 2.03. The number of nitrogens with one attached hydrogen (secondary N) is 2. The summed E-state index contributed by atoms with van der Waals surface area (Å²) in [6.45, 7) is 6.23. The Morgan fingerprint density at radius 3 is 2.57 bits per heavy atom. The molecule has 3 nitrogen and oxygen atoms in total. The van der Waals surface area contributed by atoms with Crippen LogP contribution in [0.5, 0.6) is 0 Å². The molecule has 0 unspecified atom stereocenters. The zero-order valence-electron chi connectivity index (χ0n) is 13.5. The number of rotatable bonds is 4. The van der Waals surface area contributed by atoms with E-state index >= 15 is 0 Å². The molecule has 2 N–H and O–H groups in total. The molecule has 0 saturated carbocycles. The molecule has 0 aliphatic heterocycles. The van der Waals surface area contributed by atoms with E-state index in [0.717, 1.165) is 33.3 Å². The average Bonchev–Trinajstić information content (AvgIpc) is 2.52. The maximum Gasteiger partial charge on any atom is 0.191 e. The summed E-state index contributed by atoms with van der Waals surface area (Å²) >= 11 is 8.80. The molecule has 0 saturated heterocycles. The van der Waals surface area contributed by atoms with E-state index in [4.69, 9.17) is 12.2 Å². The lowest BCUT2D eigenvalue weighted by Crippen LogP contribution is -2.24. The zero-order valence-corrected chi connectivity index (χ0v) is 15.9. The predicted octanol–water partition coefficient (Wildman–Crippen LogP) is 4.95. The van der Waals surface area contributed by atoms with E-state index in [2.05, 4.69) is 70.7 Å². The molecule has 0 bridgehead atoms. The molecule has 0 aliphatic carbocycles. The molecule has 0 heterocycles. The smallest absolute Gasteiger partial charge is 0.191 e. The Bertz CT molecular complexity index is 721. The molecule has 2 rings (SSSR count). The summed E-state index contributed by atoms with van der Waals surface area (Å²) in [5, 5.41) is 7.92. The molecular formula is C18H20BrN3S. The van der Waals surface area contributed by atoms with Crippen molar-refractivity contribution in [3.05, 3.63) is 63.1 Å². The predicted molar refractivity (Wildman–Crippen MR) is 106 cm³/mol. The summed E-state index contributed by atoms with van der Waals surface area (Å²) in [6, 6.07) is 12.3. The fourth-order valence-corrected chi connectivity index (χ4v) is 2.88. The van der Waals surface area contributed by atoms with E-state index in [1.165, 1.54) is 5.56 Å². The van der Waals surface area contributed by atoms with Crippen molar-refractivity contribution >= 4 is 45.2 Å². The topological polar surface area (TPSA) is 36.4 Å². The first-order valence-corrected chi connectivity index (χ1v) is 8.66. The Balaban J connectivity index is 2.02. The Labute approximate surface area is 151 Å². The maximum absolute atomic E-state index is 5.31. The molecule has 2 aromatic rings. The van der Waals surface area contributed by atoms with Gasteiger partial charge in [0.1, 0.15) is 0 Å². The third-order valence-corrected chi connectivity index (χ3v) is 4.26. The summed E-state index contributed by atoms with van der Waals surface area (Å²) in [5.41, 5.74) is 8.52. The van der Waals surface area contributed by atoms with Crippen molar-refractivity contribution in [1.29, 1.82) is 0 Å². The second-order valence-electron chi connectivity index (χ2n) is 5.29. The first-order chi connectivity index (χ1) is 11.0. The van der Waals surface area contributed by atoms with Crippen LogP contribution >= 0.6 is 28.1 Å². The minimum absolute atomic E-state index is 0.480. The van der Waals surface area contributed by atoms with Crippen molar-refractivity contribution in [2.75, 3.05) is 5.32 Å². The van der Waals surface area contributed by atoms with Gasteiger partial charge in [-0.05, 0) is 66.9 Å². The molecule has 0 amide bonds. The van der Waals surface area contributed by atoms with Gasteiger partial charge in [0.25, 0.3) is 0 Å². The van der Waals surface area contributed by atoms with Gasteiger partial charge in [0.15, 0.2) is 5.11 Å². The average molecular weight is 390 g/mol. The van der Waals surface area contributed by atoms with E-state index in [1.807, 2.05) is 18.2 Å². The Kier molecular flexibility index (Phi) is 6.30. The lowest BCUT2D eigenvalue weighted by Gasteiger charge is -2.12. The van der Waals surface area contributed by atoms with Gasteiger partial charge in [-0.1, -0.05) is 47.1 Å². The highest BCUT2D eigenvalue weighted by atomic mass is 79.9. The molecule has 5 heteroatoms. The second-order valence-corrected chi connectivity index (χ2v) is 6.61. The van der Waals surface area contributed by atoms with Gasteiger partial charge < -0.3 is 5.32 Å². The largest absolute Gasteiger partial charge is 0.331 e. The van der Waals surface area contributed by atoms with Crippen LogP contribution in [0, 0.1) is 13.8 Å². The molecule has 0 aliphatic rings. The number of nitrogens with zero attached hydrogens (tertiary/aromatic N) is 1. The van der Waals surface area contributed by atoms with Gasteiger partial charge in [-0.2, -0.15) is 5.10 Å². The van der Waals surface area contributed by atoms with Gasteiger partial charge in [0.2, 0.25) is 0 Å². The number of halogens is 1. The van der Waals surface area contributed by atoms with Crippen molar-refractivity contribution in [2.24, 2.45) is 5.10 Å². The summed E-state index contributed by atoms with van der Waals surface area (Å²) in [4.78, 5) is 0. The Morgan fingerprint density at radius 2 is 1.91 bits per heavy atom. The van der Waals surface area contributed by atoms with E-state index in [9.17, 15) is 0 Å². The number of hydrazone groups is 1. The number of para-hydroxylation sites is 1. The van der Waals surface area contributed by atoms with Crippen LogP contribution in [-0.2, 0) is 6.42 Å². The van der Waals surface area contributed by atoms with Crippen LogP contribution in [0.1, 0.15) is 29.2 Å². The number of anilines is 1. The molecule has 0 radical (unpaired) electrons. The Morgan fingerprint density at radius 1 is 1.22 bits per heavy atom. The normalized spacial score (nSPS) is 10.8. The van der Waals surface area contributed by atoms with Crippen LogP contribution in [0.15, 0.2) is 46.0 Å². The quantitative estimate of drug-likeness (QED) is 0.441. The zero-order chi connectivity index (χ0) is 16.8. The van der Waals surface area contributed by atoms with Crippen molar-refractivity contribution in [2.45, 2.75) is 27.2 Å². The van der Waals surface area contributed by atoms with E-state index in [-0.39, 0.29) is 0 Å². The molecule has 0 spiro atoms. The van der Waals surface area contributed by atoms with E-state index < -0.39 is 0 Å². The number of benzene rings is 2. The number of thiocarbonyl (C=S) groups is 1. The van der Waals surface area contributed by atoms with Gasteiger partial charge in [-0.3, -0.25) is 5.43 Å². The van der Waals surface area contributed by atoms with Crippen molar-refractivity contribution in [3.63, 3.8) is 0 Å². The van der Waals surface area contributed by atoms with Crippen LogP contribution in [0.4, 0.5) is 5.69 Å². The third-order valence-electron chi connectivity index (χ3n) is 3.58. The third kappa shape index (κ3) is 4.88. The van der Waals surface area contributed by atoms with Gasteiger partial charge in [0.05, 0.1) is 6.21 Å². The van der Waals surface area contributed by atoms with E-state index in [0.29, 0.717) is 5.11 Å². The van der Waals surface area contributed by atoms with Crippen LogP contribution in [0.3, 0.4) is 0 Å². The molecule has 120 valence electrons. The number of hydrogen-bond donors (Lipinski definition) is 2. The van der Waals surface area contributed by atoms with Crippen LogP contribution in [0.25, 0.3) is 0 Å². The van der Waals surface area contributed by atoms with Crippen LogP contribution in [0.2, 0.25) is 0 Å². The van der Waals surface area contributed by atoms with Gasteiger partial charge in [-0.15, -0.1) is 0 Å². The number of aryl methyl sites for hydroxylation is 3. The van der Waals surface area contributed by atoms with Crippen molar-refractivity contribution < 1.29 is 0 Å². The van der Waals surface area contributed by atoms with Crippen molar-refractivity contribution in [1.82, 2.24) is 5.43 Å². The molecule has 23 heavy (non-hydrogen) atoms. The summed E-state index contributed by atoms with van der Waals surface area (Å²) < 4.78 is 1.08. The highest BCUT2D eigenvalue weighted by molar-refractivity contribution is 9.10. The molecule has 0 fully saturated rings. The SMILES string of the molecule is CCc1cc(Br)ccc1C=NNC(=S)Nc1c(C)cccc1C.